The topological polar surface area (TPSA) is 101 Å². The van der Waals surface area contributed by atoms with Crippen molar-refractivity contribution in [1.82, 2.24) is 9.88 Å². The molecule has 0 unspecified atom stereocenters. The normalized spacial score (nSPS) is 21.0. The average Bonchev–Trinajstić information content (AvgIpc) is 3.25. The Morgan fingerprint density at radius 2 is 1.91 bits per heavy atom. The number of anilines is 2. The van der Waals surface area contributed by atoms with E-state index < -0.39 is 0 Å². The van der Waals surface area contributed by atoms with E-state index in [0.29, 0.717) is 47.4 Å². The number of nitrogens with one attached hydrogen (secondary N) is 2. The highest BCUT2D eigenvalue weighted by Gasteiger charge is 2.33. The van der Waals surface area contributed by atoms with Gasteiger partial charge in [0.05, 0.1) is 17.3 Å². The number of hydrogen-bond acceptors (Lipinski definition) is 6. The van der Waals surface area contributed by atoms with Crippen LogP contribution in [-0.2, 0) is 19.7 Å². The molecule has 1 saturated carbocycles. The molecule has 35 heavy (non-hydrogen) atoms. The van der Waals surface area contributed by atoms with Crippen molar-refractivity contribution in [3.63, 3.8) is 0 Å². The Hall–Kier alpha value is -2.49. The molecule has 1 saturated heterocycles. The number of morpholine rings is 1. The maximum Gasteiger partial charge on any atom is 0.269 e. The number of halogens is 1. The van der Waals surface area contributed by atoms with Gasteiger partial charge in [-0.15, -0.1) is 11.3 Å². The lowest BCUT2D eigenvalue weighted by molar-refractivity contribution is -0.146. The zero-order valence-corrected chi connectivity index (χ0v) is 21.8. The summed E-state index contributed by atoms with van der Waals surface area (Å²) in [6.07, 6.45) is 4.45. The molecule has 2 N–H and O–H groups in total. The van der Waals surface area contributed by atoms with Gasteiger partial charge in [0.15, 0.2) is 0 Å². The summed E-state index contributed by atoms with van der Waals surface area (Å²) in [6.45, 7) is 7.54. The fourth-order valence-corrected chi connectivity index (χ4v) is 5.62. The minimum absolute atomic E-state index is 0.0305. The van der Waals surface area contributed by atoms with Gasteiger partial charge in [-0.3, -0.25) is 14.4 Å². The largest absolute Gasteiger partial charge is 0.370 e. The molecule has 4 rings (SSSR count). The van der Waals surface area contributed by atoms with Gasteiger partial charge >= 0.3 is 0 Å². The lowest BCUT2D eigenvalue weighted by Crippen LogP contribution is -2.49. The number of amides is 3. The van der Waals surface area contributed by atoms with Gasteiger partial charge in [-0.05, 0) is 49.3 Å². The van der Waals surface area contributed by atoms with E-state index in [1.54, 1.807) is 12.1 Å². The summed E-state index contributed by atoms with van der Waals surface area (Å²) in [5, 5.41) is 6.29. The molecule has 0 aromatic carbocycles. The summed E-state index contributed by atoms with van der Waals surface area (Å²) < 4.78 is 5.23. The number of thiophene rings is 1. The Balaban J connectivity index is 1.44. The van der Waals surface area contributed by atoms with Crippen LogP contribution in [0.25, 0.3) is 0 Å². The number of aromatic nitrogens is 1. The van der Waals surface area contributed by atoms with Gasteiger partial charge in [0, 0.05) is 29.6 Å². The molecule has 2 aromatic heterocycles. The van der Waals surface area contributed by atoms with E-state index in [4.69, 9.17) is 16.3 Å². The van der Waals surface area contributed by atoms with Crippen LogP contribution >= 0.6 is 22.9 Å². The summed E-state index contributed by atoms with van der Waals surface area (Å²) in [7, 11) is 0. The molecule has 1 aliphatic carbocycles. The van der Waals surface area contributed by atoms with Crippen LogP contribution in [0.1, 0.15) is 61.0 Å². The molecule has 10 heteroatoms. The van der Waals surface area contributed by atoms with Gasteiger partial charge in [-0.1, -0.05) is 32.4 Å². The van der Waals surface area contributed by atoms with E-state index in [-0.39, 0.29) is 41.7 Å². The zero-order chi connectivity index (χ0) is 25.2. The van der Waals surface area contributed by atoms with Gasteiger partial charge in [0.2, 0.25) is 11.8 Å². The molecule has 0 atom stereocenters. The van der Waals surface area contributed by atoms with Crippen LogP contribution < -0.4 is 10.6 Å². The number of pyridine rings is 1. The first kappa shape index (κ1) is 25.6. The molecule has 2 aliphatic rings. The van der Waals surface area contributed by atoms with E-state index in [1.807, 2.05) is 11.0 Å². The second kappa shape index (κ2) is 10.6. The van der Waals surface area contributed by atoms with Crippen LogP contribution in [0, 0.1) is 5.92 Å². The van der Waals surface area contributed by atoms with Gasteiger partial charge < -0.3 is 20.3 Å². The minimum Gasteiger partial charge on any atom is -0.370 e. The molecular formula is C25H31ClN4O4S. The van der Waals surface area contributed by atoms with E-state index in [2.05, 4.69) is 36.4 Å². The fraction of sp³-hybridized carbons (Fsp3) is 0.520. The number of rotatable bonds is 5. The maximum absolute atomic E-state index is 13.2. The number of nitrogens with zero attached hydrogens (tertiary/aromatic N) is 2. The Morgan fingerprint density at radius 1 is 1.17 bits per heavy atom. The van der Waals surface area contributed by atoms with Crippen molar-refractivity contribution in [2.75, 3.05) is 30.4 Å². The average molecular weight is 519 g/mol. The van der Waals surface area contributed by atoms with Crippen LogP contribution in [0.2, 0.25) is 5.02 Å². The van der Waals surface area contributed by atoms with Gasteiger partial charge in [0.25, 0.3) is 5.91 Å². The van der Waals surface area contributed by atoms with Crippen LogP contribution in [-0.4, -0.2) is 53.4 Å². The highest BCUT2D eigenvalue weighted by molar-refractivity contribution is 7.15. The standard InChI is InChI=1S/C25H31ClN4O4S/c1-25(2,3)19-12-18(22(35-19)24(33)29-20-9-6-16(26)13-27-20)28-23(32)15-4-7-17(8-5-15)30-10-11-34-14-21(30)31/h6,9,12-13,15,17H,4-5,7-8,10-11,14H2,1-3H3,(H,28,32)(H,27,29,33). The van der Waals surface area contributed by atoms with E-state index in [9.17, 15) is 14.4 Å². The van der Waals surface area contributed by atoms with Gasteiger partial charge in [0.1, 0.15) is 17.3 Å². The summed E-state index contributed by atoms with van der Waals surface area (Å²) in [6, 6.07) is 5.35. The third-order valence-electron chi connectivity index (χ3n) is 6.44. The lowest BCUT2D eigenvalue weighted by atomic mass is 9.84. The van der Waals surface area contributed by atoms with Crippen molar-refractivity contribution in [2.24, 2.45) is 5.92 Å². The monoisotopic (exact) mass is 518 g/mol. The molecule has 2 fully saturated rings. The smallest absolute Gasteiger partial charge is 0.269 e. The Bertz CT molecular complexity index is 1090. The molecule has 3 heterocycles. The Labute approximate surface area is 214 Å². The van der Waals surface area contributed by atoms with E-state index in [1.165, 1.54) is 17.5 Å². The second-order valence-corrected chi connectivity index (χ2v) is 11.5. The quantitative estimate of drug-likeness (QED) is 0.597. The highest BCUT2D eigenvalue weighted by atomic mass is 35.5. The van der Waals surface area contributed by atoms with Crippen molar-refractivity contribution in [2.45, 2.75) is 57.9 Å². The Morgan fingerprint density at radius 3 is 2.54 bits per heavy atom. The van der Waals surface area contributed by atoms with E-state index in [0.717, 1.165) is 17.7 Å². The van der Waals surface area contributed by atoms with Crippen molar-refractivity contribution in [3.8, 4) is 0 Å². The number of ether oxygens (including phenoxy) is 1. The third kappa shape index (κ3) is 6.20. The van der Waals surface area contributed by atoms with Crippen molar-refractivity contribution < 1.29 is 19.1 Å². The molecule has 1 aliphatic heterocycles. The maximum atomic E-state index is 13.2. The molecule has 2 aromatic rings. The molecule has 8 nitrogen and oxygen atoms in total. The van der Waals surface area contributed by atoms with Crippen LogP contribution in [0.4, 0.5) is 11.5 Å². The molecule has 0 radical (unpaired) electrons. The minimum atomic E-state index is -0.329. The molecule has 188 valence electrons. The molecule has 3 amide bonds. The number of hydrogen-bond donors (Lipinski definition) is 2. The summed E-state index contributed by atoms with van der Waals surface area (Å²) in [5.41, 5.74) is 0.339. The third-order valence-corrected chi connectivity index (χ3v) is 8.22. The first-order valence-corrected chi connectivity index (χ1v) is 13.1. The predicted molar refractivity (Wildman–Crippen MR) is 137 cm³/mol. The highest BCUT2D eigenvalue weighted by Crippen LogP contribution is 2.37. The summed E-state index contributed by atoms with van der Waals surface area (Å²) in [5.74, 6) is -0.158. The molecule has 0 bridgehead atoms. The Kier molecular flexibility index (Phi) is 7.78. The van der Waals surface area contributed by atoms with E-state index >= 15 is 0 Å². The van der Waals surface area contributed by atoms with Gasteiger partial charge in [-0.25, -0.2) is 4.98 Å². The predicted octanol–water partition coefficient (Wildman–Crippen LogP) is 4.70. The SMILES string of the molecule is CC(C)(C)c1cc(NC(=O)C2CCC(N3CCOCC3=O)CC2)c(C(=O)Nc2ccc(Cl)cn2)s1. The fourth-order valence-electron chi connectivity index (χ4n) is 4.45. The summed E-state index contributed by atoms with van der Waals surface area (Å²) in [4.78, 5) is 45.9. The van der Waals surface area contributed by atoms with Crippen LogP contribution in [0.15, 0.2) is 24.4 Å². The van der Waals surface area contributed by atoms with Crippen LogP contribution in [0.5, 0.6) is 0 Å². The van der Waals surface area contributed by atoms with Crippen LogP contribution in [0.3, 0.4) is 0 Å². The van der Waals surface area contributed by atoms with Crippen molar-refractivity contribution >= 4 is 52.2 Å². The van der Waals surface area contributed by atoms with Gasteiger partial charge in [-0.2, -0.15) is 0 Å². The number of carbonyl (C=O) groups is 3. The van der Waals surface area contributed by atoms with Crippen molar-refractivity contribution in [1.29, 1.82) is 0 Å². The molecular weight excluding hydrogens is 488 g/mol. The summed E-state index contributed by atoms with van der Waals surface area (Å²) >= 11 is 7.26. The second-order valence-electron chi connectivity index (χ2n) is 10.1. The zero-order valence-electron chi connectivity index (χ0n) is 20.2. The number of carbonyl (C=O) groups excluding carboxylic acids is 3. The lowest BCUT2D eigenvalue weighted by Gasteiger charge is -2.38. The van der Waals surface area contributed by atoms with Crippen molar-refractivity contribution in [3.05, 3.63) is 39.2 Å². The first-order chi connectivity index (χ1) is 16.6. The first-order valence-electron chi connectivity index (χ1n) is 11.9. The molecule has 0 spiro atoms.